The van der Waals surface area contributed by atoms with Gasteiger partial charge in [-0.3, -0.25) is 0 Å². The number of benzene rings is 1. The van der Waals surface area contributed by atoms with Crippen molar-refractivity contribution in [2.45, 2.75) is 25.4 Å². The predicted molar refractivity (Wildman–Crippen MR) is 59.6 cm³/mol. The van der Waals surface area contributed by atoms with Crippen LogP contribution in [0.4, 0.5) is 26.3 Å². The Balaban J connectivity index is 2.85. The SMILES string of the molecule is NCc1ccc(OC(F)(F)[C@H](F)OC(F)(F)F)c(Br)c1. The maximum Gasteiger partial charge on any atom is 0.525 e. The Morgan fingerprint density at radius 1 is 1.20 bits per heavy atom. The van der Waals surface area contributed by atoms with Gasteiger partial charge in [-0.05, 0) is 33.6 Å². The molecule has 0 bridgehead atoms. The molecule has 0 aliphatic heterocycles. The minimum absolute atomic E-state index is 0.0145. The van der Waals surface area contributed by atoms with Crippen molar-refractivity contribution in [3.8, 4) is 5.75 Å². The van der Waals surface area contributed by atoms with E-state index in [4.69, 9.17) is 5.73 Å². The molecule has 1 aromatic rings. The van der Waals surface area contributed by atoms with Gasteiger partial charge >= 0.3 is 18.8 Å². The molecule has 0 radical (unpaired) electrons. The molecule has 0 saturated carbocycles. The summed E-state index contributed by atoms with van der Waals surface area (Å²) in [6.07, 6.45) is -14.4. The molecular formula is C10H8BrF6NO2. The fourth-order valence-corrected chi connectivity index (χ4v) is 1.64. The zero-order valence-corrected chi connectivity index (χ0v) is 11.1. The van der Waals surface area contributed by atoms with Gasteiger partial charge in [0, 0.05) is 6.54 Å². The Bertz CT molecular complexity index is 468. The second-order valence-electron chi connectivity index (χ2n) is 3.51. The van der Waals surface area contributed by atoms with E-state index in [2.05, 4.69) is 25.4 Å². The number of hydrogen-bond acceptors (Lipinski definition) is 3. The van der Waals surface area contributed by atoms with Crippen LogP contribution in [-0.2, 0) is 11.3 Å². The summed E-state index contributed by atoms with van der Waals surface area (Å²) in [5, 5.41) is 0. The summed E-state index contributed by atoms with van der Waals surface area (Å²) in [7, 11) is 0. The molecule has 10 heteroatoms. The summed E-state index contributed by atoms with van der Waals surface area (Å²) in [5.41, 5.74) is 5.85. The summed E-state index contributed by atoms with van der Waals surface area (Å²) in [6.45, 7) is 0.109. The number of ether oxygens (including phenoxy) is 2. The largest absolute Gasteiger partial charge is 0.525 e. The summed E-state index contributed by atoms with van der Waals surface area (Å²) >= 11 is 2.85. The van der Waals surface area contributed by atoms with Crippen LogP contribution in [0.15, 0.2) is 22.7 Å². The van der Waals surface area contributed by atoms with Crippen molar-refractivity contribution in [3.05, 3.63) is 28.2 Å². The van der Waals surface area contributed by atoms with Gasteiger partial charge in [-0.1, -0.05) is 6.07 Å². The van der Waals surface area contributed by atoms with Gasteiger partial charge in [-0.15, -0.1) is 13.2 Å². The van der Waals surface area contributed by atoms with Gasteiger partial charge in [0.2, 0.25) is 0 Å². The summed E-state index contributed by atoms with van der Waals surface area (Å²) < 4.78 is 80.6. The highest BCUT2D eigenvalue weighted by molar-refractivity contribution is 9.10. The van der Waals surface area contributed by atoms with Crippen molar-refractivity contribution in [1.82, 2.24) is 0 Å². The van der Waals surface area contributed by atoms with E-state index in [-0.39, 0.29) is 11.0 Å². The molecule has 0 heterocycles. The molecular weight excluding hydrogens is 360 g/mol. The first-order valence-corrected chi connectivity index (χ1v) is 5.78. The van der Waals surface area contributed by atoms with E-state index in [0.29, 0.717) is 5.56 Å². The molecule has 20 heavy (non-hydrogen) atoms. The fraction of sp³-hybridized carbons (Fsp3) is 0.400. The summed E-state index contributed by atoms with van der Waals surface area (Å²) in [4.78, 5) is 0. The smallest absolute Gasteiger partial charge is 0.427 e. The van der Waals surface area contributed by atoms with E-state index >= 15 is 0 Å². The van der Waals surface area contributed by atoms with E-state index in [1.54, 1.807) is 0 Å². The molecule has 1 aromatic carbocycles. The minimum Gasteiger partial charge on any atom is -0.427 e. The quantitative estimate of drug-likeness (QED) is 0.806. The van der Waals surface area contributed by atoms with E-state index in [1.807, 2.05) is 0 Å². The number of rotatable bonds is 5. The number of alkyl halides is 6. The van der Waals surface area contributed by atoms with Crippen LogP contribution in [0.2, 0.25) is 0 Å². The molecule has 0 unspecified atom stereocenters. The third-order valence-electron chi connectivity index (χ3n) is 1.98. The maximum absolute atomic E-state index is 13.1. The van der Waals surface area contributed by atoms with Crippen LogP contribution < -0.4 is 10.5 Å². The van der Waals surface area contributed by atoms with Crippen molar-refractivity contribution in [2.24, 2.45) is 5.73 Å². The first-order valence-electron chi connectivity index (χ1n) is 4.99. The van der Waals surface area contributed by atoms with Crippen molar-refractivity contribution >= 4 is 15.9 Å². The van der Waals surface area contributed by atoms with E-state index in [9.17, 15) is 26.3 Å². The van der Waals surface area contributed by atoms with Crippen LogP contribution in [0.3, 0.4) is 0 Å². The molecule has 0 aliphatic rings. The molecule has 2 N–H and O–H groups in total. The molecule has 3 nitrogen and oxygen atoms in total. The normalized spacial score (nSPS) is 14.2. The van der Waals surface area contributed by atoms with Crippen LogP contribution >= 0.6 is 15.9 Å². The first kappa shape index (κ1) is 17.1. The average Bonchev–Trinajstić information content (AvgIpc) is 2.29. The Kier molecular flexibility index (Phi) is 5.27. The standard InChI is InChI=1S/C10H8BrF6NO2/c11-6-3-5(4-18)1-2-7(6)19-9(13,14)8(12)20-10(15,16)17/h1-3,8H,4,18H2/t8-/m1/s1. The zero-order valence-electron chi connectivity index (χ0n) is 9.56. The van der Waals surface area contributed by atoms with Gasteiger partial charge in [0.05, 0.1) is 4.47 Å². The molecule has 0 fully saturated rings. The van der Waals surface area contributed by atoms with Gasteiger partial charge < -0.3 is 10.5 Å². The summed E-state index contributed by atoms with van der Waals surface area (Å²) in [6, 6.07) is 3.62. The lowest BCUT2D eigenvalue weighted by Gasteiger charge is -2.22. The monoisotopic (exact) mass is 367 g/mol. The van der Waals surface area contributed by atoms with Gasteiger partial charge in [0.15, 0.2) is 0 Å². The topological polar surface area (TPSA) is 44.5 Å². The number of nitrogens with two attached hydrogens (primary N) is 1. The molecule has 0 aliphatic carbocycles. The van der Waals surface area contributed by atoms with Gasteiger partial charge in [-0.25, -0.2) is 9.13 Å². The van der Waals surface area contributed by atoms with E-state index in [1.165, 1.54) is 12.1 Å². The van der Waals surface area contributed by atoms with Gasteiger partial charge in [0.25, 0.3) is 0 Å². The second kappa shape index (κ2) is 6.19. The van der Waals surface area contributed by atoms with Crippen LogP contribution in [0.1, 0.15) is 5.56 Å². The fourth-order valence-electron chi connectivity index (χ4n) is 1.13. The molecule has 1 rings (SSSR count). The highest BCUT2D eigenvalue weighted by Crippen LogP contribution is 2.35. The second-order valence-corrected chi connectivity index (χ2v) is 4.37. The molecule has 0 saturated heterocycles. The Morgan fingerprint density at radius 3 is 2.25 bits per heavy atom. The average molecular weight is 368 g/mol. The molecule has 0 amide bonds. The third-order valence-corrected chi connectivity index (χ3v) is 2.60. The minimum atomic E-state index is -5.55. The van der Waals surface area contributed by atoms with Crippen LogP contribution in [0.5, 0.6) is 5.75 Å². The Hall–Kier alpha value is -1.00. The predicted octanol–water partition coefficient (Wildman–Crippen LogP) is 3.71. The number of hydrogen-bond donors (Lipinski definition) is 1. The Labute approximate surface area is 117 Å². The Morgan fingerprint density at radius 2 is 1.80 bits per heavy atom. The molecule has 1 atom stereocenters. The summed E-state index contributed by atoms with van der Waals surface area (Å²) in [5.74, 6) is -0.555. The zero-order chi connectivity index (χ0) is 15.6. The van der Waals surface area contributed by atoms with Crippen LogP contribution in [0.25, 0.3) is 0 Å². The lowest BCUT2D eigenvalue weighted by Crippen LogP contribution is -2.41. The van der Waals surface area contributed by atoms with Gasteiger partial charge in [0.1, 0.15) is 5.75 Å². The van der Waals surface area contributed by atoms with Gasteiger partial charge in [-0.2, -0.15) is 8.78 Å². The van der Waals surface area contributed by atoms with Crippen molar-refractivity contribution in [2.75, 3.05) is 0 Å². The molecule has 0 aromatic heterocycles. The van der Waals surface area contributed by atoms with E-state index in [0.717, 1.165) is 6.07 Å². The third kappa shape index (κ3) is 4.84. The molecule has 114 valence electrons. The van der Waals surface area contributed by atoms with Crippen LogP contribution in [0, 0.1) is 0 Å². The van der Waals surface area contributed by atoms with Crippen molar-refractivity contribution < 1.29 is 35.8 Å². The maximum atomic E-state index is 13.1. The van der Waals surface area contributed by atoms with Crippen molar-refractivity contribution in [3.63, 3.8) is 0 Å². The first-order chi connectivity index (χ1) is 9.05. The lowest BCUT2D eigenvalue weighted by molar-refractivity contribution is -0.411. The van der Waals surface area contributed by atoms with E-state index < -0.39 is 24.6 Å². The highest BCUT2D eigenvalue weighted by atomic mass is 79.9. The van der Waals surface area contributed by atoms with Crippen LogP contribution in [-0.4, -0.2) is 18.8 Å². The lowest BCUT2D eigenvalue weighted by atomic mass is 10.2. The van der Waals surface area contributed by atoms with Crippen molar-refractivity contribution in [1.29, 1.82) is 0 Å². The molecule has 0 spiro atoms. The highest BCUT2D eigenvalue weighted by Gasteiger charge is 2.50. The number of halogens is 7.